The molecule has 0 spiro atoms. The summed E-state index contributed by atoms with van der Waals surface area (Å²) in [7, 11) is 0. The summed E-state index contributed by atoms with van der Waals surface area (Å²) in [6.07, 6.45) is 6.53. The van der Waals surface area contributed by atoms with Gasteiger partial charge in [0.05, 0.1) is 4.88 Å². The maximum atomic E-state index is 12.5. The molecule has 2 fully saturated rings. The molecule has 2 aliphatic rings. The molecular formula is C29H33N3O3S. The fraction of sp³-hybridized carbons (Fsp3) is 0.379. The van der Waals surface area contributed by atoms with E-state index in [1.54, 1.807) is 0 Å². The van der Waals surface area contributed by atoms with E-state index in [4.69, 9.17) is 4.74 Å². The fourth-order valence-electron chi connectivity index (χ4n) is 5.10. The van der Waals surface area contributed by atoms with Crippen molar-refractivity contribution in [3.8, 4) is 5.75 Å². The van der Waals surface area contributed by atoms with Crippen molar-refractivity contribution in [3.63, 3.8) is 0 Å². The highest BCUT2D eigenvalue weighted by atomic mass is 32.1. The minimum atomic E-state index is -0.181. The smallest absolute Gasteiger partial charge is 0.264 e. The van der Waals surface area contributed by atoms with Crippen LogP contribution >= 0.6 is 11.3 Å². The van der Waals surface area contributed by atoms with E-state index in [2.05, 4.69) is 22.3 Å². The Labute approximate surface area is 216 Å². The van der Waals surface area contributed by atoms with Gasteiger partial charge in [-0.05, 0) is 72.2 Å². The first-order valence-electron chi connectivity index (χ1n) is 12.9. The Bertz CT molecular complexity index is 1130. The van der Waals surface area contributed by atoms with E-state index >= 15 is 0 Å². The monoisotopic (exact) mass is 503 g/mol. The minimum Gasteiger partial charge on any atom is -0.484 e. The van der Waals surface area contributed by atoms with Gasteiger partial charge in [-0.2, -0.15) is 0 Å². The molecule has 5 rings (SSSR count). The van der Waals surface area contributed by atoms with E-state index in [0.717, 1.165) is 35.1 Å². The Morgan fingerprint density at radius 2 is 1.61 bits per heavy atom. The summed E-state index contributed by atoms with van der Waals surface area (Å²) in [6.45, 7) is 2.96. The van der Waals surface area contributed by atoms with Crippen LogP contribution in [0.25, 0.3) is 0 Å². The molecule has 1 aromatic heterocycles. The van der Waals surface area contributed by atoms with Crippen LogP contribution in [-0.2, 0) is 4.79 Å². The number of anilines is 2. The SMILES string of the molecule is O=C(COc1ccc(C2CCCCC2)cc1)Nc1ccc(N2CCN(C(=O)c3cccs3)CC2)cc1. The zero-order chi connectivity index (χ0) is 24.7. The van der Waals surface area contributed by atoms with Crippen molar-refractivity contribution in [2.75, 3.05) is 43.0 Å². The first-order chi connectivity index (χ1) is 17.7. The van der Waals surface area contributed by atoms with Gasteiger partial charge in [0.25, 0.3) is 11.8 Å². The van der Waals surface area contributed by atoms with Gasteiger partial charge < -0.3 is 19.9 Å². The highest BCUT2D eigenvalue weighted by molar-refractivity contribution is 7.12. The predicted molar refractivity (Wildman–Crippen MR) is 145 cm³/mol. The number of carbonyl (C=O) groups is 2. The number of nitrogens with one attached hydrogen (secondary N) is 1. The summed E-state index contributed by atoms with van der Waals surface area (Å²) < 4.78 is 5.71. The number of rotatable bonds is 7. The van der Waals surface area contributed by atoms with Crippen molar-refractivity contribution >= 4 is 34.5 Å². The molecule has 1 aliphatic heterocycles. The number of carbonyl (C=O) groups excluding carboxylic acids is 2. The summed E-state index contributed by atoms with van der Waals surface area (Å²) in [5.74, 6) is 1.32. The van der Waals surface area contributed by atoms with Crippen LogP contribution in [0.1, 0.15) is 53.3 Å². The molecule has 1 saturated carbocycles. The number of benzene rings is 2. The topological polar surface area (TPSA) is 61.9 Å². The van der Waals surface area contributed by atoms with Crippen LogP contribution in [0.15, 0.2) is 66.0 Å². The standard InChI is InChI=1S/C29H33N3O3S/c33-28(21-35-26-14-8-23(9-15-26)22-5-2-1-3-6-22)30-24-10-12-25(13-11-24)31-16-18-32(19-17-31)29(34)27-7-4-20-36-27/h4,7-15,20,22H,1-3,5-6,16-19,21H2,(H,30,33). The van der Waals surface area contributed by atoms with Crippen LogP contribution in [0, 0.1) is 0 Å². The van der Waals surface area contributed by atoms with Gasteiger partial charge in [0.15, 0.2) is 6.61 Å². The average molecular weight is 504 g/mol. The molecule has 7 heteroatoms. The van der Waals surface area contributed by atoms with E-state index in [1.807, 2.05) is 58.8 Å². The van der Waals surface area contributed by atoms with E-state index in [1.165, 1.54) is 49.0 Å². The molecule has 3 aromatic rings. The Morgan fingerprint density at radius 1 is 0.889 bits per heavy atom. The second kappa shape index (κ2) is 11.6. The highest BCUT2D eigenvalue weighted by Gasteiger charge is 2.23. The molecule has 0 atom stereocenters. The molecular weight excluding hydrogens is 470 g/mol. The molecule has 2 amide bonds. The Hall–Kier alpha value is -3.32. The predicted octanol–water partition coefficient (Wildman–Crippen LogP) is 5.78. The summed E-state index contributed by atoms with van der Waals surface area (Å²) >= 11 is 1.49. The maximum Gasteiger partial charge on any atom is 0.264 e. The lowest BCUT2D eigenvalue weighted by molar-refractivity contribution is -0.118. The summed E-state index contributed by atoms with van der Waals surface area (Å²) in [5, 5.41) is 4.84. The van der Waals surface area contributed by atoms with Gasteiger partial charge in [0.1, 0.15) is 5.75 Å². The van der Waals surface area contributed by atoms with Crippen LogP contribution in [0.2, 0.25) is 0 Å². The van der Waals surface area contributed by atoms with Crippen molar-refractivity contribution in [2.45, 2.75) is 38.0 Å². The number of ether oxygens (including phenoxy) is 1. The summed E-state index contributed by atoms with van der Waals surface area (Å²) in [5.41, 5.74) is 3.21. The zero-order valence-electron chi connectivity index (χ0n) is 20.5. The molecule has 1 N–H and O–H groups in total. The zero-order valence-corrected chi connectivity index (χ0v) is 21.3. The van der Waals surface area contributed by atoms with Crippen LogP contribution in [0.3, 0.4) is 0 Å². The van der Waals surface area contributed by atoms with Gasteiger partial charge in [-0.3, -0.25) is 9.59 Å². The average Bonchev–Trinajstić information content (AvgIpc) is 3.48. The molecule has 1 aliphatic carbocycles. The van der Waals surface area contributed by atoms with Crippen LogP contribution < -0.4 is 15.0 Å². The second-order valence-corrected chi connectivity index (χ2v) is 10.5. The van der Waals surface area contributed by atoms with Gasteiger partial charge in [-0.1, -0.05) is 37.5 Å². The number of amides is 2. The van der Waals surface area contributed by atoms with Crippen LogP contribution in [0.4, 0.5) is 11.4 Å². The molecule has 2 heterocycles. The molecule has 0 unspecified atom stereocenters. The maximum absolute atomic E-state index is 12.5. The number of thiophene rings is 1. The van der Waals surface area contributed by atoms with Gasteiger partial charge >= 0.3 is 0 Å². The molecule has 0 bridgehead atoms. The van der Waals surface area contributed by atoms with Crippen molar-refractivity contribution < 1.29 is 14.3 Å². The van der Waals surface area contributed by atoms with Gasteiger partial charge in [0, 0.05) is 37.6 Å². The lowest BCUT2D eigenvalue weighted by Crippen LogP contribution is -2.48. The fourth-order valence-corrected chi connectivity index (χ4v) is 5.79. The summed E-state index contributed by atoms with van der Waals surface area (Å²) in [4.78, 5) is 29.9. The highest BCUT2D eigenvalue weighted by Crippen LogP contribution is 2.33. The van der Waals surface area contributed by atoms with Crippen LogP contribution in [0.5, 0.6) is 5.75 Å². The molecule has 2 aromatic carbocycles. The van der Waals surface area contributed by atoms with E-state index in [-0.39, 0.29) is 18.4 Å². The van der Waals surface area contributed by atoms with Gasteiger partial charge in [-0.25, -0.2) is 0 Å². The van der Waals surface area contributed by atoms with Gasteiger partial charge in [-0.15, -0.1) is 11.3 Å². The van der Waals surface area contributed by atoms with Crippen LogP contribution in [-0.4, -0.2) is 49.5 Å². The van der Waals surface area contributed by atoms with Crippen molar-refractivity contribution in [2.24, 2.45) is 0 Å². The van der Waals surface area contributed by atoms with E-state index in [0.29, 0.717) is 19.0 Å². The van der Waals surface area contributed by atoms with Crippen molar-refractivity contribution in [1.82, 2.24) is 4.90 Å². The van der Waals surface area contributed by atoms with Crippen molar-refractivity contribution in [1.29, 1.82) is 0 Å². The minimum absolute atomic E-state index is 0.0231. The summed E-state index contributed by atoms with van der Waals surface area (Å²) in [6, 6.07) is 19.9. The number of nitrogens with zero attached hydrogens (tertiary/aromatic N) is 2. The molecule has 1 saturated heterocycles. The lowest BCUT2D eigenvalue weighted by atomic mass is 9.84. The first kappa shape index (κ1) is 24.4. The molecule has 6 nitrogen and oxygen atoms in total. The molecule has 36 heavy (non-hydrogen) atoms. The van der Waals surface area contributed by atoms with Crippen molar-refractivity contribution in [3.05, 3.63) is 76.5 Å². The lowest BCUT2D eigenvalue weighted by Gasteiger charge is -2.36. The first-order valence-corrected chi connectivity index (χ1v) is 13.7. The Kier molecular flexibility index (Phi) is 7.86. The Morgan fingerprint density at radius 3 is 2.28 bits per heavy atom. The molecule has 188 valence electrons. The Balaban J connectivity index is 1.06. The second-order valence-electron chi connectivity index (χ2n) is 9.54. The largest absolute Gasteiger partial charge is 0.484 e. The number of hydrogen-bond acceptors (Lipinski definition) is 5. The third-order valence-corrected chi connectivity index (χ3v) is 8.00. The quantitative estimate of drug-likeness (QED) is 0.444. The normalized spacial score (nSPS) is 16.6. The van der Waals surface area contributed by atoms with E-state index in [9.17, 15) is 9.59 Å². The molecule has 0 radical (unpaired) electrons. The van der Waals surface area contributed by atoms with Gasteiger partial charge in [0.2, 0.25) is 0 Å². The third kappa shape index (κ3) is 6.08. The van der Waals surface area contributed by atoms with E-state index < -0.39 is 0 Å². The number of piperazine rings is 1. The third-order valence-electron chi connectivity index (χ3n) is 7.14. The number of hydrogen-bond donors (Lipinski definition) is 1.